The molecule has 0 aliphatic heterocycles. The molecule has 3 atom stereocenters. The molecule has 86 valence electrons. The molecule has 1 rings (SSSR count). The van der Waals surface area contributed by atoms with E-state index in [-0.39, 0.29) is 24.4 Å². The van der Waals surface area contributed by atoms with Gasteiger partial charge in [0.2, 0.25) is 0 Å². The Kier molecular flexibility index (Phi) is 4.82. The van der Waals surface area contributed by atoms with E-state index in [4.69, 9.17) is 5.11 Å². The summed E-state index contributed by atoms with van der Waals surface area (Å²) in [4.78, 5) is 10.6. The number of allylic oxidation sites excluding steroid dienone is 2. The number of carbonyl (C=O) groups is 1. The first-order valence-corrected chi connectivity index (χ1v) is 5.70. The van der Waals surface area contributed by atoms with Gasteiger partial charge in [0.1, 0.15) is 0 Å². The number of hydrogen-bond acceptors (Lipinski definition) is 2. The first-order valence-electron chi connectivity index (χ1n) is 5.70. The van der Waals surface area contributed by atoms with Crippen LogP contribution in [0.2, 0.25) is 0 Å². The van der Waals surface area contributed by atoms with Crippen molar-refractivity contribution in [3.8, 4) is 0 Å². The van der Waals surface area contributed by atoms with Crippen molar-refractivity contribution in [3.63, 3.8) is 0 Å². The van der Waals surface area contributed by atoms with E-state index in [1.165, 1.54) is 0 Å². The number of hydrogen-bond donors (Lipinski definition) is 2. The van der Waals surface area contributed by atoms with Gasteiger partial charge >= 0.3 is 5.97 Å². The molecular formula is C12H20O3. The van der Waals surface area contributed by atoms with Crippen molar-refractivity contribution in [1.29, 1.82) is 0 Å². The third kappa shape index (κ3) is 3.67. The predicted molar refractivity (Wildman–Crippen MR) is 58.5 cm³/mol. The molecule has 2 unspecified atom stereocenters. The van der Waals surface area contributed by atoms with Crippen LogP contribution in [0.3, 0.4) is 0 Å². The van der Waals surface area contributed by atoms with Crippen LogP contribution in [0, 0.1) is 11.8 Å². The molecule has 0 amide bonds. The van der Waals surface area contributed by atoms with Crippen LogP contribution in [0.4, 0.5) is 0 Å². The molecule has 0 radical (unpaired) electrons. The largest absolute Gasteiger partial charge is 0.481 e. The fourth-order valence-corrected chi connectivity index (χ4v) is 2.37. The third-order valence-corrected chi connectivity index (χ3v) is 3.18. The summed E-state index contributed by atoms with van der Waals surface area (Å²) in [5.74, 6) is -0.457. The minimum Gasteiger partial charge on any atom is -0.481 e. The summed E-state index contributed by atoms with van der Waals surface area (Å²) in [6, 6.07) is 0. The van der Waals surface area contributed by atoms with Gasteiger partial charge < -0.3 is 10.2 Å². The second-order valence-electron chi connectivity index (χ2n) is 4.28. The molecule has 3 heteroatoms. The first-order chi connectivity index (χ1) is 7.15. The highest BCUT2D eigenvalue weighted by atomic mass is 16.4. The van der Waals surface area contributed by atoms with E-state index in [9.17, 15) is 9.90 Å². The van der Waals surface area contributed by atoms with Gasteiger partial charge in [-0.3, -0.25) is 4.79 Å². The Labute approximate surface area is 90.8 Å². The Morgan fingerprint density at radius 1 is 1.40 bits per heavy atom. The summed E-state index contributed by atoms with van der Waals surface area (Å²) in [5, 5.41) is 18.5. The van der Waals surface area contributed by atoms with Gasteiger partial charge in [-0.15, -0.1) is 0 Å². The van der Waals surface area contributed by atoms with Crippen molar-refractivity contribution in [3.05, 3.63) is 12.2 Å². The normalized spacial score (nSPS) is 31.2. The van der Waals surface area contributed by atoms with Crippen LogP contribution in [0.5, 0.6) is 0 Å². The average Bonchev–Trinajstić information content (AvgIpc) is 2.49. The fourth-order valence-electron chi connectivity index (χ4n) is 2.37. The lowest BCUT2D eigenvalue weighted by Crippen LogP contribution is -2.20. The lowest BCUT2D eigenvalue weighted by Gasteiger charge is -2.18. The Bertz CT molecular complexity index is 235. The summed E-state index contributed by atoms with van der Waals surface area (Å²) in [6.07, 6.45) is 7.43. The molecule has 1 saturated carbocycles. The van der Waals surface area contributed by atoms with Gasteiger partial charge in [-0.1, -0.05) is 19.1 Å². The number of aliphatic carboxylic acids is 1. The highest BCUT2D eigenvalue weighted by Crippen LogP contribution is 2.36. The lowest BCUT2D eigenvalue weighted by molar-refractivity contribution is -0.138. The van der Waals surface area contributed by atoms with Crippen LogP contribution >= 0.6 is 0 Å². The summed E-state index contributed by atoms with van der Waals surface area (Å²) < 4.78 is 0. The minimum atomic E-state index is -0.751. The molecule has 0 spiro atoms. The van der Waals surface area contributed by atoms with Crippen LogP contribution in [0.1, 0.15) is 39.0 Å². The van der Waals surface area contributed by atoms with Crippen molar-refractivity contribution in [1.82, 2.24) is 0 Å². The maximum absolute atomic E-state index is 10.6. The number of carboxylic acids is 1. The van der Waals surface area contributed by atoms with Crippen molar-refractivity contribution in [2.24, 2.45) is 11.8 Å². The molecule has 1 fully saturated rings. The minimum absolute atomic E-state index is 0.142. The topological polar surface area (TPSA) is 57.5 Å². The van der Waals surface area contributed by atoms with E-state index in [0.717, 1.165) is 25.7 Å². The Hall–Kier alpha value is -0.830. The highest BCUT2D eigenvalue weighted by molar-refractivity contribution is 5.67. The van der Waals surface area contributed by atoms with Gasteiger partial charge in [-0.05, 0) is 37.5 Å². The van der Waals surface area contributed by atoms with Gasteiger partial charge in [0.05, 0.1) is 6.10 Å². The molecule has 0 aromatic carbocycles. The second-order valence-corrected chi connectivity index (χ2v) is 4.28. The summed E-state index contributed by atoms with van der Waals surface area (Å²) in [6.45, 7) is 2.07. The van der Waals surface area contributed by atoms with E-state index in [1.54, 1.807) is 0 Å². The molecule has 0 bridgehead atoms. The maximum Gasteiger partial charge on any atom is 0.303 e. The molecule has 0 aromatic rings. The standard InChI is InChI=1S/C12H20O3/c1-2-3-4-5-10-9(8-12(14)15)6-7-11(10)13/h3-4,9-11,13H,2,5-8H2,1H3,(H,14,15)/b4-3-/t9?,10-,11?/m1/s1. The molecule has 0 aromatic heterocycles. The zero-order valence-electron chi connectivity index (χ0n) is 9.22. The van der Waals surface area contributed by atoms with Crippen LogP contribution in [-0.2, 0) is 4.79 Å². The van der Waals surface area contributed by atoms with E-state index in [1.807, 2.05) is 0 Å². The molecule has 3 nitrogen and oxygen atoms in total. The first kappa shape index (κ1) is 12.2. The van der Waals surface area contributed by atoms with E-state index >= 15 is 0 Å². The molecule has 15 heavy (non-hydrogen) atoms. The molecule has 1 aliphatic rings. The predicted octanol–water partition coefficient (Wildman–Crippen LogP) is 2.20. The summed E-state index contributed by atoms with van der Waals surface area (Å²) in [5.41, 5.74) is 0. The van der Waals surface area contributed by atoms with Crippen LogP contribution in [-0.4, -0.2) is 22.3 Å². The van der Waals surface area contributed by atoms with E-state index < -0.39 is 5.97 Å². The smallest absolute Gasteiger partial charge is 0.303 e. The van der Waals surface area contributed by atoms with Crippen molar-refractivity contribution >= 4 is 5.97 Å². The second kappa shape index (κ2) is 5.91. The maximum atomic E-state index is 10.6. The van der Waals surface area contributed by atoms with Gasteiger partial charge in [-0.2, -0.15) is 0 Å². The highest BCUT2D eigenvalue weighted by Gasteiger charge is 2.34. The number of aliphatic hydroxyl groups excluding tert-OH is 1. The van der Waals surface area contributed by atoms with Crippen molar-refractivity contribution in [2.75, 3.05) is 0 Å². The van der Waals surface area contributed by atoms with Gasteiger partial charge in [0, 0.05) is 6.42 Å². The lowest BCUT2D eigenvalue weighted by atomic mass is 9.89. The molecule has 0 heterocycles. The number of aliphatic hydroxyl groups is 1. The van der Waals surface area contributed by atoms with Gasteiger partial charge in [0.25, 0.3) is 0 Å². The van der Waals surface area contributed by atoms with Crippen molar-refractivity contribution in [2.45, 2.75) is 45.1 Å². The zero-order chi connectivity index (χ0) is 11.3. The Balaban J connectivity index is 2.48. The van der Waals surface area contributed by atoms with Crippen LogP contribution in [0.15, 0.2) is 12.2 Å². The van der Waals surface area contributed by atoms with Crippen molar-refractivity contribution < 1.29 is 15.0 Å². The van der Waals surface area contributed by atoms with Crippen LogP contribution in [0.25, 0.3) is 0 Å². The summed E-state index contributed by atoms with van der Waals surface area (Å²) >= 11 is 0. The monoisotopic (exact) mass is 212 g/mol. The third-order valence-electron chi connectivity index (χ3n) is 3.18. The quantitative estimate of drug-likeness (QED) is 0.687. The van der Waals surface area contributed by atoms with Crippen LogP contribution < -0.4 is 0 Å². The SMILES string of the molecule is CC/C=C\C[C@H]1C(O)CCC1CC(=O)O. The Morgan fingerprint density at radius 3 is 2.73 bits per heavy atom. The Morgan fingerprint density at radius 2 is 2.13 bits per heavy atom. The average molecular weight is 212 g/mol. The van der Waals surface area contributed by atoms with E-state index in [0.29, 0.717) is 0 Å². The fraction of sp³-hybridized carbons (Fsp3) is 0.750. The molecular weight excluding hydrogens is 192 g/mol. The van der Waals surface area contributed by atoms with Gasteiger partial charge in [-0.25, -0.2) is 0 Å². The molecule has 2 N–H and O–H groups in total. The molecule has 1 aliphatic carbocycles. The molecule has 0 saturated heterocycles. The number of carboxylic acid groups (broad SMARTS) is 1. The van der Waals surface area contributed by atoms with Gasteiger partial charge in [0.15, 0.2) is 0 Å². The van der Waals surface area contributed by atoms with E-state index in [2.05, 4.69) is 19.1 Å². The summed E-state index contributed by atoms with van der Waals surface area (Å²) in [7, 11) is 0. The zero-order valence-corrected chi connectivity index (χ0v) is 9.22. The number of rotatable bonds is 5.